The summed E-state index contributed by atoms with van der Waals surface area (Å²) in [6.45, 7) is 2.46. The maximum absolute atomic E-state index is 12.1. The number of carbonyl (C=O) groups excluding carboxylic acids is 1. The van der Waals surface area contributed by atoms with Crippen LogP contribution >= 0.6 is 0 Å². The first-order chi connectivity index (χ1) is 8.81. The number of hydrogen-bond acceptors (Lipinski definition) is 2. The third-order valence-corrected chi connectivity index (χ3v) is 2.91. The van der Waals surface area contributed by atoms with Crippen molar-refractivity contribution < 1.29 is 4.79 Å². The Kier molecular flexibility index (Phi) is 4.12. The molecule has 1 unspecified atom stereocenters. The number of hydrogen-bond donors (Lipinski definition) is 2. The number of imidazole rings is 1. The van der Waals surface area contributed by atoms with Crippen LogP contribution in [0.15, 0.2) is 42.7 Å². The lowest BCUT2D eigenvalue weighted by Crippen LogP contribution is -2.29. The SMILES string of the molecule is CCC(C(=O)NCc1ncc[nH]1)c1ccccc1. The number of amides is 1. The van der Waals surface area contributed by atoms with Crippen LogP contribution < -0.4 is 5.32 Å². The van der Waals surface area contributed by atoms with E-state index >= 15 is 0 Å². The molecule has 1 aromatic heterocycles. The van der Waals surface area contributed by atoms with Crippen LogP contribution in [0.3, 0.4) is 0 Å². The summed E-state index contributed by atoms with van der Waals surface area (Å²) in [5.41, 5.74) is 1.05. The van der Waals surface area contributed by atoms with E-state index in [1.807, 2.05) is 37.3 Å². The smallest absolute Gasteiger partial charge is 0.227 e. The molecule has 18 heavy (non-hydrogen) atoms. The van der Waals surface area contributed by atoms with Gasteiger partial charge in [0.05, 0.1) is 12.5 Å². The van der Waals surface area contributed by atoms with Crippen molar-refractivity contribution >= 4 is 5.91 Å². The van der Waals surface area contributed by atoms with Crippen LogP contribution in [0.5, 0.6) is 0 Å². The molecule has 4 nitrogen and oxygen atoms in total. The Hall–Kier alpha value is -2.10. The van der Waals surface area contributed by atoms with Gasteiger partial charge in [0.15, 0.2) is 0 Å². The molecule has 0 aliphatic heterocycles. The van der Waals surface area contributed by atoms with Gasteiger partial charge in [-0.3, -0.25) is 4.79 Å². The molecule has 0 aliphatic rings. The van der Waals surface area contributed by atoms with Gasteiger partial charge in [-0.15, -0.1) is 0 Å². The van der Waals surface area contributed by atoms with Crippen molar-refractivity contribution in [3.63, 3.8) is 0 Å². The number of aromatic amines is 1. The molecule has 1 atom stereocenters. The normalized spacial score (nSPS) is 12.1. The molecular weight excluding hydrogens is 226 g/mol. The molecule has 0 radical (unpaired) electrons. The average Bonchev–Trinajstić information content (AvgIpc) is 2.92. The highest BCUT2D eigenvalue weighted by Gasteiger charge is 2.17. The van der Waals surface area contributed by atoms with Crippen LogP contribution in [0.1, 0.15) is 30.7 Å². The van der Waals surface area contributed by atoms with Crippen molar-refractivity contribution in [1.82, 2.24) is 15.3 Å². The van der Waals surface area contributed by atoms with Gasteiger partial charge >= 0.3 is 0 Å². The standard InChI is InChI=1S/C14H17N3O/c1-2-12(11-6-4-3-5-7-11)14(18)17-10-13-15-8-9-16-13/h3-9,12H,2,10H2,1H3,(H,15,16)(H,17,18). The van der Waals surface area contributed by atoms with Crippen molar-refractivity contribution in [3.8, 4) is 0 Å². The minimum absolute atomic E-state index is 0.0418. The van der Waals surface area contributed by atoms with E-state index in [1.54, 1.807) is 12.4 Å². The number of aromatic nitrogens is 2. The maximum Gasteiger partial charge on any atom is 0.227 e. The molecule has 2 N–H and O–H groups in total. The third kappa shape index (κ3) is 2.97. The van der Waals surface area contributed by atoms with Crippen LogP contribution in [0.2, 0.25) is 0 Å². The van der Waals surface area contributed by atoms with Gasteiger partial charge in [-0.05, 0) is 12.0 Å². The second kappa shape index (κ2) is 6.00. The Morgan fingerprint density at radius 2 is 2.17 bits per heavy atom. The van der Waals surface area contributed by atoms with Gasteiger partial charge in [-0.1, -0.05) is 37.3 Å². The van der Waals surface area contributed by atoms with E-state index in [0.717, 1.165) is 17.8 Å². The third-order valence-electron chi connectivity index (χ3n) is 2.91. The zero-order valence-corrected chi connectivity index (χ0v) is 10.4. The van der Waals surface area contributed by atoms with Gasteiger partial charge in [-0.25, -0.2) is 4.98 Å². The number of rotatable bonds is 5. The highest BCUT2D eigenvalue weighted by atomic mass is 16.1. The summed E-state index contributed by atoms with van der Waals surface area (Å²) >= 11 is 0. The summed E-state index contributed by atoms with van der Waals surface area (Å²) in [4.78, 5) is 19.2. The van der Waals surface area contributed by atoms with Crippen molar-refractivity contribution in [2.24, 2.45) is 0 Å². The summed E-state index contributed by atoms with van der Waals surface area (Å²) < 4.78 is 0. The molecule has 0 spiro atoms. The zero-order chi connectivity index (χ0) is 12.8. The Labute approximate surface area is 106 Å². The van der Waals surface area contributed by atoms with Gasteiger partial charge in [-0.2, -0.15) is 0 Å². The highest BCUT2D eigenvalue weighted by Crippen LogP contribution is 2.19. The van der Waals surface area contributed by atoms with Crippen molar-refractivity contribution in [3.05, 3.63) is 54.1 Å². The largest absolute Gasteiger partial charge is 0.348 e. The lowest BCUT2D eigenvalue weighted by molar-refractivity contribution is -0.122. The number of carbonyl (C=O) groups is 1. The zero-order valence-electron chi connectivity index (χ0n) is 10.4. The summed E-state index contributed by atoms with van der Waals surface area (Å²) in [5, 5.41) is 2.90. The Balaban J connectivity index is 1.98. The molecular formula is C14H17N3O. The van der Waals surface area contributed by atoms with E-state index in [4.69, 9.17) is 0 Å². The molecule has 1 amide bonds. The van der Waals surface area contributed by atoms with E-state index in [-0.39, 0.29) is 11.8 Å². The first-order valence-corrected chi connectivity index (χ1v) is 6.12. The first-order valence-electron chi connectivity index (χ1n) is 6.12. The topological polar surface area (TPSA) is 57.8 Å². The van der Waals surface area contributed by atoms with Crippen molar-refractivity contribution in [2.45, 2.75) is 25.8 Å². The quantitative estimate of drug-likeness (QED) is 0.846. The molecule has 0 saturated heterocycles. The predicted molar refractivity (Wildman–Crippen MR) is 69.9 cm³/mol. The van der Waals surface area contributed by atoms with Crippen LogP contribution in [-0.2, 0) is 11.3 Å². The molecule has 94 valence electrons. The minimum Gasteiger partial charge on any atom is -0.348 e. The first kappa shape index (κ1) is 12.4. The molecule has 1 aromatic carbocycles. The Bertz CT molecular complexity index is 479. The van der Waals surface area contributed by atoms with Crippen LogP contribution in [0.4, 0.5) is 0 Å². The minimum atomic E-state index is -0.0961. The lowest BCUT2D eigenvalue weighted by Gasteiger charge is -2.14. The van der Waals surface area contributed by atoms with Crippen LogP contribution in [0.25, 0.3) is 0 Å². The fourth-order valence-corrected chi connectivity index (χ4v) is 1.95. The molecule has 2 aromatic rings. The van der Waals surface area contributed by atoms with Gasteiger partial charge in [0.25, 0.3) is 0 Å². The molecule has 0 fully saturated rings. The van der Waals surface area contributed by atoms with Gasteiger partial charge in [0.2, 0.25) is 5.91 Å². The Morgan fingerprint density at radius 1 is 1.39 bits per heavy atom. The number of nitrogens with one attached hydrogen (secondary N) is 2. The van der Waals surface area contributed by atoms with Crippen molar-refractivity contribution in [1.29, 1.82) is 0 Å². The van der Waals surface area contributed by atoms with Gasteiger partial charge in [0.1, 0.15) is 5.82 Å². The van der Waals surface area contributed by atoms with Gasteiger partial charge in [0, 0.05) is 12.4 Å². The highest BCUT2D eigenvalue weighted by molar-refractivity contribution is 5.83. The van der Waals surface area contributed by atoms with Crippen LogP contribution in [0, 0.1) is 0 Å². The molecule has 1 heterocycles. The summed E-state index contributed by atoms with van der Waals surface area (Å²) in [7, 11) is 0. The monoisotopic (exact) mass is 243 g/mol. The summed E-state index contributed by atoms with van der Waals surface area (Å²) in [6, 6.07) is 9.84. The van der Waals surface area contributed by atoms with E-state index < -0.39 is 0 Å². The molecule has 4 heteroatoms. The van der Waals surface area contributed by atoms with Gasteiger partial charge < -0.3 is 10.3 Å². The fraction of sp³-hybridized carbons (Fsp3) is 0.286. The molecule has 0 bridgehead atoms. The van der Waals surface area contributed by atoms with E-state index in [0.29, 0.717) is 6.54 Å². The summed E-state index contributed by atoms with van der Waals surface area (Å²) in [5.74, 6) is 0.715. The molecule has 0 aliphatic carbocycles. The average molecular weight is 243 g/mol. The van der Waals surface area contributed by atoms with E-state index in [2.05, 4.69) is 15.3 Å². The number of nitrogens with zero attached hydrogens (tertiary/aromatic N) is 1. The molecule has 2 rings (SSSR count). The number of benzene rings is 1. The van der Waals surface area contributed by atoms with Crippen LogP contribution in [-0.4, -0.2) is 15.9 Å². The Morgan fingerprint density at radius 3 is 2.78 bits per heavy atom. The van der Waals surface area contributed by atoms with Crippen molar-refractivity contribution in [2.75, 3.05) is 0 Å². The lowest BCUT2D eigenvalue weighted by atomic mass is 9.96. The van der Waals surface area contributed by atoms with E-state index in [1.165, 1.54) is 0 Å². The van der Waals surface area contributed by atoms with E-state index in [9.17, 15) is 4.79 Å². The summed E-state index contributed by atoms with van der Waals surface area (Å²) in [6.07, 6.45) is 4.21. The number of H-pyrrole nitrogens is 1. The maximum atomic E-state index is 12.1. The molecule has 0 saturated carbocycles. The second-order valence-electron chi connectivity index (χ2n) is 4.13. The second-order valence-corrected chi connectivity index (χ2v) is 4.13. The fourth-order valence-electron chi connectivity index (χ4n) is 1.95. The predicted octanol–water partition coefficient (Wildman–Crippen LogP) is 2.22.